The topological polar surface area (TPSA) is 53.9 Å². The third-order valence-corrected chi connectivity index (χ3v) is 5.61. The number of aromatic amines is 1. The summed E-state index contributed by atoms with van der Waals surface area (Å²) < 4.78 is 2.07. The molecular weight excluding hydrogens is 348 g/mol. The van der Waals surface area contributed by atoms with Crippen molar-refractivity contribution in [2.45, 2.75) is 51.6 Å². The molecule has 1 aliphatic heterocycles. The maximum atomic E-state index is 12.9. The van der Waals surface area contributed by atoms with E-state index in [4.69, 9.17) is 0 Å². The van der Waals surface area contributed by atoms with E-state index in [1.807, 2.05) is 29.6 Å². The molecule has 5 heteroatoms. The lowest BCUT2D eigenvalue weighted by Crippen LogP contribution is -2.31. The summed E-state index contributed by atoms with van der Waals surface area (Å²) in [6.45, 7) is 3.83. The zero-order chi connectivity index (χ0) is 19.3. The van der Waals surface area contributed by atoms with Crippen LogP contribution >= 0.6 is 0 Å². The van der Waals surface area contributed by atoms with Gasteiger partial charge in [0.25, 0.3) is 0 Å². The van der Waals surface area contributed by atoms with Gasteiger partial charge in [0.05, 0.1) is 12.4 Å². The Labute approximate surface area is 166 Å². The van der Waals surface area contributed by atoms with Gasteiger partial charge in [0.15, 0.2) is 0 Å². The van der Waals surface area contributed by atoms with Gasteiger partial charge in [-0.05, 0) is 30.9 Å². The highest BCUT2D eigenvalue weighted by Crippen LogP contribution is 2.40. The molecule has 1 amide bonds. The van der Waals surface area contributed by atoms with E-state index in [0.717, 1.165) is 37.9 Å². The molecule has 0 saturated carbocycles. The number of amides is 1. The summed E-state index contributed by atoms with van der Waals surface area (Å²) in [5.74, 6) is 0.146. The Morgan fingerprint density at radius 2 is 2.04 bits per heavy atom. The third-order valence-electron chi connectivity index (χ3n) is 5.61. The molecule has 1 aromatic carbocycles. The smallest absolute Gasteiger partial charge is 0.247 e. The second kappa shape index (κ2) is 8.46. The van der Waals surface area contributed by atoms with Crippen LogP contribution in [0.4, 0.5) is 0 Å². The Morgan fingerprint density at radius 3 is 2.86 bits per heavy atom. The van der Waals surface area contributed by atoms with Gasteiger partial charge in [-0.15, -0.1) is 0 Å². The molecular formula is C23H28N4O. The zero-order valence-corrected chi connectivity index (χ0v) is 16.5. The van der Waals surface area contributed by atoms with Gasteiger partial charge in [-0.2, -0.15) is 0 Å². The molecule has 1 unspecified atom stereocenters. The summed E-state index contributed by atoms with van der Waals surface area (Å²) in [5.41, 5.74) is 3.60. The van der Waals surface area contributed by atoms with E-state index in [0.29, 0.717) is 0 Å². The molecule has 1 aliphatic rings. The number of nitrogens with zero attached hydrogens (tertiary/aromatic N) is 3. The van der Waals surface area contributed by atoms with Gasteiger partial charge in [-0.1, -0.05) is 38.0 Å². The number of H-pyrrole nitrogens is 1. The number of hydrogen-bond donors (Lipinski definition) is 1. The number of rotatable bonds is 9. The minimum absolute atomic E-state index is 0.0447. The van der Waals surface area contributed by atoms with Crippen LogP contribution in [-0.4, -0.2) is 31.9 Å². The molecule has 1 atom stereocenters. The molecule has 0 radical (unpaired) electrons. The number of fused-ring (bicyclic) bond motifs is 1. The van der Waals surface area contributed by atoms with Crippen molar-refractivity contribution in [2.24, 2.45) is 0 Å². The van der Waals surface area contributed by atoms with Crippen molar-refractivity contribution in [3.63, 3.8) is 0 Å². The predicted octanol–water partition coefficient (Wildman–Crippen LogP) is 4.84. The fourth-order valence-electron chi connectivity index (χ4n) is 4.21. The number of nitrogens with one attached hydrogen (secondary N) is 1. The molecule has 0 spiro atoms. The van der Waals surface area contributed by atoms with Gasteiger partial charge in [0.2, 0.25) is 5.91 Å². The summed E-state index contributed by atoms with van der Waals surface area (Å²) in [6.07, 6.45) is 15.0. The molecule has 28 heavy (non-hydrogen) atoms. The van der Waals surface area contributed by atoms with Crippen molar-refractivity contribution in [3.05, 3.63) is 66.4 Å². The fourth-order valence-corrected chi connectivity index (χ4v) is 4.21. The van der Waals surface area contributed by atoms with E-state index in [9.17, 15) is 4.79 Å². The maximum absolute atomic E-state index is 12.9. The number of imidazole rings is 1. The third kappa shape index (κ3) is 3.75. The van der Waals surface area contributed by atoms with Crippen LogP contribution in [0.2, 0.25) is 0 Å². The van der Waals surface area contributed by atoms with Gasteiger partial charge in [-0.25, -0.2) is 4.98 Å². The van der Waals surface area contributed by atoms with Gasteiger partial charge in [0, 0.05) is 54.2 Å². The van der Waals surface area contributed by atoms with E-state index in [2.05, 4.69) is 45.9 Å². The molecule has 3 heterocycles. The number of hydrogen-bond acceptors (Lipinski definition) is 2. The van der Waals surface area contributed by atoms with Crippen molar-refractivity contribution in [1.29, 1.82) is 0 Å². The van der Waals surface area contributed by atoms with E-state index >= 15 is 0 Å². The molecule has 0 fully saturated rings. The summed E-state index contributed by atoms with van der Waals surface area (Å²) in [5, 5.41) is 1.21. The van der Waals surface area contributed by atoms with Crippen LogP contribution in [0.5, 0.6) is 0 Å². The molecule has 5 nitrogen and oxygen atoms in total. The van der Waals surface area contributed by atoms with Crippen molar-refractivity contribution in [3.8, 4) is 0 Å². The van der Waals surface area contributed by atoms with Gasteiger partial charge in [-0.3, -0.25) is 4.79 Å². The molecule has 1 N–H and O–H groups in total. The normalized spacial score (nSPS) is 16.9. The monoisotopic (exact) mass is 376 g/mol. The minimum atomic E-state index is 0.0447. The average Bonchev–Trinajstić information content (AvgIpc) is 3.42. The van der Waals surface area contributed by atoms with Gasteiger partial charge in [0.1, 0.15) is 0 Å². The first-order valence-corrected chi connectivity index (χ1v) is 10.3. The first kappa shape index (κ1) is 18.5. The highest BCUT2D eigenvalue weighted by molar-refractivity contribution is 5.94. The Morgan fingerprint density at radius 1 is 1.14 bits per heavy atom. The highest BCUT2D eigenvalue weighted by atomic mass is 16.2. The number of carbonyl (C=O) groups excluding carboxylic acids is 1. The fraction of sp³-hybridized carbons (Fsp3) is 0.391. The maximum Gasteiger partial charge on any atom is 0.247 e. The molecule has 0 bridgehead atoms. The number of unbranched alkanes of at least 4 members (excludes halogenated alkanes) is 2. The lowest BCUT2D eigenvalue weighted by molar-refractivity contribution is -0.126. The Bertz CT molecular complexity index is 954. The first-order chi connectivity index (χ1) is 13.8. The van der Waals surface area contributed by atoms with Crippen LogP contribution < -0.4 is 0 Å². The van der Waals surface area contributed by atoms with Crippen molar-refractivity contribution in [1.82, 2.24) is 19.4 Å². The van der Waals surface area contributed by atoms with E-state index in [1.165, 1.54) is 29.4 Å². The quantitative estimate of drug-likeness (QED) is 0.543. The summed E-state index contributed by atoms with van der Waals surface area (Å²) in [4.78, 5) is 22.4. The summed E-state index contributed by atoms with van der Waals surface area (Å²) in [6, 6.07) is 8.41. The molecule has 3 aromatic rings. The van der Waals surface area contributed by atoms with E-state index in [-0.39, 0.29) is 11.9 Å². The Hall–Kier alpha value is -2.82. The largest absolute Gasteiger partial charge is 0.361 e. The second-order valence-corrected chi connectivity index (χ2v) is 7.55. The minimum Gasteiger partial charge on any atom is -0.361 e. The molecule has 2 aromatic heterocycles. The summed E-state index contributed by atoms with van der Waals surface area (Å²) >= 11 is 0. The Kier molecular flexibility index (Phi) is 5.60. The van der Waals surface area contributed by atoms with Crippen LogP contribution in [0.1, 0.15) is 50.6 Å². The lowest BCUT2D eigenvalue weighted by Gasteiger charge is -2.27. The SMILES string of the molecule is CCCCCC1=CC(=O)N(CCCn2ccnc2)C1c1c[nH]c2ccccc12. The highest BCUT2D eigenvalue weighted by Gasteiger charge is 2.34. The van der Waals surface area contributed by atoms with Gasteiger partial charge < -0.3 is 14.5 Å². The summed E-state index contributed by atoms with van der Waals surface area (Å²) in [7, 11) is 0. The van der Waals surface area contributed by atoms with Crippen LogP contribution in [0.3, 0.4) is 0 Å². The number of para-hydroxylation sites is 1. The van der Waals surface area contributed by atoms with Crippen LogP contribution in [-0.2, 0) is 11.3 Å². The Balaban J connectivity index is 1.57. The number of benzene rings is 1. The molecule has 4 rings (SSSR count). The van der Waals surface area contributed by atoms with Crippen molar-refractivity contribution < 1.29 is 4.79 Å². The molecule has 146 valence electrons. The van der Waals surface area contributed by atoms with Crippen molar-refractivity contribution in [2.75, 3.05) is 6.54 Å². The first-order valence-electron chi connectivity index (χ1n) is 10.3. The van der Waals surface area contributed by atoms with E-state index < -0.39 is 0 Å². The average molecular weight is 377 g/mol. The second-order valence-electron chi connectivity index (χ2n) is 7.55. The zero-order valence-electron chi connectivity index (χ0n) is 16.5. The molecule has 0 aliphatic carbocycles. The number of carbonyl (C=O) groups is 1. The molecule has 0 saturated heterocycles. The van der Waals surface area contributed by atoms with Crippen LogP contribution in [0.25, 0.3) is 10.9 Å². The van der Waals surface area contributed by atoms with Crippen LogP contribution in [0, 0.1) is 0 Å². The standard InChI is InChI=1S/C23H28N4O/c1-2-3-4-8-18-15-22(28)27(13-7-12-26-14-11-24-17-26)23(18)20-16-25-21-10-6-5-9-19(20)21/h5-6,9-11,14-17,23,25H,2-4,7-8,12-13H2,1H3. The predicted molar refractivity (Wildman–Crippen MR) is 112 cm³/mol. The van der Waals surface area contributed by atoms with Gasteiger partial charge >= 0.3 is 0 Å². The van der Waals surface area contributed by atoms with Crippen molar-refractivity contribution >= 4 is 16.8 Å². The number of aryl methyl sites for hydroxylation is 1. The lowest BCUT2D eigenvalue weighted by atomic mass is 9.95. The van der Waals surface area contributed by atoms with E-state index in [1.54, 1.807) is 6.20 Å². The van der Waals surface area contributed by atoms with Crippen LogP contribution in [0.15, 0.2) is 60.8 Å². The number of aromatic nitrogens is 3.